The fourth-order valence-corrected chi connectivity index (χ4v) is 1.95. The first-order valence-electron chi connectivity index (χ1n) is 5.86. The van der Waals surface area contributed by atoms with Crippen LogP contribution in [0.15, 0.2) is 21.1 Å². The minimum absolute atomic E-state index is 0.333. The summed E-state index contributed by atoms with van der Waals surface area (Å²) in [5.41, 5.74) is 0.695. The molecule has 12 heteroatoms. The van der Waals surface area contributed by atoms with Crippen molar-refractivity contribution in [1.82, 2.24) is 10.3 Å². The second kappa shape index (κ2) is 6.61. The van der Waals surface area contributed by atoms with E-state index in [-0.39, 0.29) is 5.54 Å². The second-order valence-corrected chi connectivity index (χ2v) is 6.88. The lowest BCUT2D eigenvalue weighted by Gasteiger charge is -2.06. The summed E-state index contributed by atoms with van der Waals surface area (Å²) in [6.45, 7) is 5.81. The van der Waals surface area contributed by atoms with E-state index in [9.17, 15) is 22.5 Å². The average Bonchev–Trinajstić information content (AvgIpc) is 2.28. The van der Waals surface area contributed by atoms with Crippen molar-refractivity contribution in [2.24, 2.45) is 0 Å². The van der Waals surface area contributed by atoms with Gasteiger partial charge in [0.1, 0.15) is 0 Å². The molecule has 0 aliphatic carbocycles. The van der Waals surface area contributed by atoms with Crippen LogP contribution in [0.1, 0.15) is 20.8 Å². The van der Waals surface area contributed by atoms with Gasteiger partial charge in [0, 0.05) is 45.7 Å². The van der Waals surface area contributed by atoms with E-state index in [4.69, 9.17) is 0 Å². The molecule has 0 aliphatic rings. The Morgan fingerprint density at radius 3 is 2.00 bits per heavy atom. The van der Waals surface area contributed by atoms with Crippen molar-refractivity contribution in [2.45, 2.75) is 26.3 Å². The Hall–Kier alpha value is -1.04. The zero-order chi connectivity index (χ0) is 17.3. The molecule has 0 amide bonds. The highest BCUT2D eigenvalue weighted by Gasteiger charge is 2.31. The molecule has 0 fully saturated rings. The summed E-state index contributed by atoms with van der Waals surface area (Å²) < 4.78 is 40.6. The molecule has 0 N–H and O–H groups in total. The second-order valence-electron chi connectivity index (χ2n) is 5.17. The minimum Gasteiger partial charge on any atom is -0.590 e. The molecule has 1 aromatic carbocycles. The van der Waals surface area contributed by atoms with Gasteiger partial charge in [-0.2, -0.15) is 0 Å². The molecule has 0 saturated carbocycles. The summed E-state index contributed by atoms with van der Waals surface area (Å²) in [6.07, 6.45) is 0. The quantitative estimate of drug-likeness (QED) is 0.269. The van der Waals surface area contributed by atoms with Gasteiger partial charge in [-0.05, 0) is 37.9 Å². The molecule has 0 radical (unpaired) electrons. The predicted molar refractivity (Wildman–Crippen MR) is 79.3 cm³/mol. The summed E-state index contributed by atoms with van der Waals surface area (Å²) in [5, 5.41) is 20.0. The number of halogens is 6. The number of benzene rings is 1. The van der Waals surface area contributed by atoms with Crippen molar-refractivity contribution in [3.8, 4) is 0 Å². The lowest BCUT2D eigenvalue weighted by molar-refractivity contribution is -0.941. The molecule has 0 bridgehead atoms. The van der Waals surface area contributed by atoms with Gasteiger partial charge in [0.25, 0.3) is 5.52 Å². The van der Waals surface area contributed by atoms with E-state index in [1.165, 1.54) is 4.80 Å². The molecule has 2 rings (SSSR count). The van der Waals surface area contributed by atoms with Crippen molar-refractivity contribution in [3.63, 3.8) is 0 Å². The van der Waals surface area contributed by atoms with E-state index >= 15 is 0 Å². The maximum Gasteiger partial charge on any atom is 0.673 e. The largest absolute Gasteiger partial charge is 0.673 e. The summed E-state index contributed by atoms with van der Waals surface area (Å²) in [5.74, 6) is 0. The molecule has 5 nitrogen and oxygen atoms in total. The lowest BCUT2D eigenvalue weighted by atomic mass is 10.1. The fourth-order valence-electron chi connectivity index (χ4n) is 1.29. The van der Waals surface area contributed by atoms with Crippen LogP contribution in [-0.2, 0) is 5.54 Å². The lowest BCUT2D eigenvalue weighted by Crippen LogP contribution is -2.62. The molecule has 1 heterocycles. The highest BCUT2D eigenvalue weighted by atomic mass is 79.9. The van der Waals surface area contributed by atoms with Gasteiger partial charge in [0.05, 0.1) is 4.80 Å². The monoisotopic (exact) mass is 448 g/mol. The van der Waals surface area contributed by atoms with Crippen LogP contribution in [0.4, 0.5) is 17.3 Å². The van der Waals surface area contributed by atoms with Crippen molar-refractivity contribution < 1.29 is 26.9 Å². The van der Waals surface area contributed by atoms with Gasteiger partial charge in [-0.1, -0.05) is 0 Å². The maximum atomic E-state index is 11.8. The van der Waals surface area contributed by atoms with Gasteiger partial charge >= 0.3 is 12.5 Å². The topological polar surface area (TPSA) is 56.6 Å². The van der Waals surface area contributed by atoms with Gasteiger partial charge in [-0.3, -0.25) is 0 Å². The Labute approximate surface area is 140 Å². The minimum atomic E-state index is -6.00. The van der Waals surface area contributed by atoms with Crippen molar-refractivity contribution >= 4 is 50.1 Å². The van der Waals surface area contributed by atoms with Gasteiger partial charge in [-0.15, -0.1) is 0 Å². The van der Waals surface area contributed by atoms with Crippen LogP contribution in [0, 0.1) is 5.21 Å². The number of rotatable bonds is 0. The Morgan fingerprint density at radius 2 is 1.55 bits per heavy atom. The van der Waals surface area contributed by atoms with Crippen LogP contribution in [-0.4, -0.2) is 17.6 Å². The van der Waals surface area contributed by atoms with E-state index < -0.39 is 7.25 Å². The average molecular weight is 450 g/mol. The third-order valence-corrected chi connectivity index (χ3v) is 4.04. The van der Waals surface area contributed by atoms with Crippen LogP contribution in [0.25, 0.3) is 11.0 Å². The first-order chi connectivity index (χ1) is 9.79. The molecule has 122 valence electrons. The molecule has 0 saturated heterocycles. The molecule has 0 aliphatic heterocycles. The molecule has 1 aromatic heterocycles. The molecule has 2 aromatic rings. The highest BCUT2D eigenvalue weighted by molar-refractivity contribution is 9.13. The van der Waals surface area contributed by atoms with Gasteiger partial charge < -0.3 is 22.5 Å². The zero-order valence-electron chi connectivity index (χ0n) is 11.7. The Balaban J connectivity index is 0.000000422. The van der Waals surface area contributed by atoms with Crippen LogP contribution in [0.3, 0.4) is 0 Å². The maximum absolute atomic E-state index is 11.8. The Morgan fingerprint density at radius 1 is 1.09 bits per heavy atom. The van der Waals surface area contributed by atoms with Crippen LogP contribution < -0.4 is 9.64 Å². The van der Waals surface area contributed by atoms with Gasteiger partial charge in [-0.25, -0.2) is 0 Å². The third-order valence-electron chi connectivity index (χ3n) is 2.19. The van der Waals surface area contributed by atoms with E-state index in [0.717, 1.165) is 8.95 Å². The molecule has 0 unspecified atom stereocenters. The van der Waals surface area contributed by atoms with E-state index in [2.05, 4.69) is 42.2 Å². The number of hydrogen-bond acceptors (Lipinski definition) is 3. The van der Waals surface area contributed by atoms with Crippen molar-refractivity contribution in [3.05, 3.63) is 26.3 Å². The Bertz CT molecular complexity index is 687. The third kappa shape index (κ3) is 5.63. The standard InChI is InChI=1S/C10H11Br2N4O.BF4/c1-10(2,3)16-13-8-4-6(11)7(12)5-9(8)15(17)14-16;2-1(3,4)5/h4-5H,1-3H3;/q+1;-1. The van der Waals surface area contributed by atoms with Crippen LogP contribution >= 0.6 is 31.9 Å². The van der Waals surface area contributed by atoms with Gasteiger partial charge in [0.2, 0.25) is 11.1 Å². The number of aromatic nitrogens is 4. The normalized spacial score (nSPS) is 12.0. The summed E-state index contributed by atoms with van der Waals surface area (Å²) >= 11 is 6.74. The molecule has 0 spiro atoms. The van der Waals surface area contributed by atoms with Gasteiger partial charge in [0.15, 0.2) is 0 Å². The Kier molecular flexibility index (Phi) is 5.71. The van der Waals surface area contributed by atoms with E-state index in [1.54, 1.807) is 12.1 Å². The number of fused-ring (bicyclic) bond motifs is 1. The van der Waals surface area contributed by atoms with E-state index in [0.29, 0.717) is 15.9 Å². The smallest absolute Gasteiger partial charge is 0.590 e. The highest BCUT2D eigenvalue weighted by Crippen LogP contribution is 2.25. The SMILES string of the molecule is CC(C)(C)[n+]1nc2cc(Br)c(Br)cc2[n+]([O-])n1.F[B-](F)(F)F. The van der Waals surface area contributed by atoms with E-state index in [1.807, 2.05) is 20.8 Å². The number of hydrogen-bond donors (Lipinski definition) is 0. The predicted octanol–water partition coefficient (Wildman–Crippen LogP) is 3.13. The fraction of sp³-hybridized carbons (Fsp3) is 0.400. The molecule has 22 heavy (non-hydrogen) atoms. The van der Waals surface area contributed by atoms with Crippen LogP contribution in [0.5, 0.6) is 0 Å². The first kappa shape index (κ1) is 19.0. The zero-order valence-corrected chi connectivity index (χ0v) is 14.9. The van der Waals surface area contributed by atoms with Crippen molar-refractivity contribution in [1.29, 1.82) is 0 Å². The molecule has 0 atom stereocenters. The summed E-state index contributed by atoms with van der Waals surface area (Å²) in [4.78, 5) is 2.01. The van der Waals surface area contributed by atoms with Crippen molar-refractivity contribution in [2.75, 3.05) is 0 Å². The molecular formula is C10H11BBr2F4N4O. The summed E-state index contributed by atoms with van der Waals surface area (Å²) in [7, 11) is -6.00. The van der Waals surface area contributed by atoms with Crippen LogP contribution in [0.2, 0.25) is 0 Å². The summed E-state index contributed by atoms with van der Waals surface area (Å²) in [6, 6.07) is 3.48. The molecular weight excluding hydrogens is 439 g/mol. The number of nitrogens with zero attached hydrogens (tertiary/aromatic N) is 4. The first-order valence-corrected chi connectivity index (χ1v) is 7.44.